The summed E-state index contributed by atoms with van der Waals surface area (Å²) in [5.74, 6) is -1.29. The summed E-state index contributed by atoms with van der Waals surface area (Å²) in [4.78, 5) is 26.0. The molecular weight excluding hydrogens is 337 g/mol. The number of piperidine rings is 1. The molecule has 1 aliphatic rings. The number of halogens is 2. The van der Waals surface area contributed by atoms with E-state index in [0.29, 0.717) is 31.7 Å². The van der Waals surface area contributed by atoms with Crippen LogP contribution in [0.2, 0.25) is 5.02 Å². The number of anilines is 1. The Morgan fingerprint density at radius 2 is 2.17 bits per heavy atom. The molecule has 7 nitrogen and oxygen atoms in total. The van der Waals surface area contributed by atoms with Crippen LogP contribution >= 0.6 is 11.6 Å². The number of hydrogen-bond donors (Lipinski definition) is 4. The number of rotatable bonds is 4. The molecule has 0 unspecified atom stereocenters. The Bertz CT molecular complexity index is 616. The Kier molecular flexibility index (Phi) is 6.36. The van der Waals surface area contributed by atoms with Crippen LogP contribution in [0.4, 0.5) is 14.9 Å². The van der Waals surface area contributed by atoms with Crippen molar-refractivity contribution in [3.63, 3.8) is 0 Å². The van der Waals surface area contributed by atoms with Crippen molar-refractivity contribution in [3.05, 3.63) is 29.0 Å². The average molecular weight is 359 g/mol. The SMILES string of the molecule is NCCNC(=O)N1C[C@H]([NH3+])C[C@H](C(=O)Nc2ccc(Cl)c(F)c2)C1. The van der Waals surface area contributed by atoms with Crippen LogP contribution in [-0.4, -0.2) is 49.1 Å². The van der Waals surface area contributed by atoms with Crippen molar-refractivity contribution in [2.75, 3.05) is 31.5 Å². The predicted molar refractivity (Wildman–Crippen MR) is 88.8 cm³/mol. The molecule has 1 aliphatic heterocycles. The molecule has 24 heavy (non-hydrogen) atoms. The number of benzene rings is 1. The molecule has 1 aromatic rings. The molecule has 1 fully saturated rings. The van der Waals surface area contributed by atoms with E-state index in [1.165, 1.54) is 12.1 Å². The van der Waals surface area contributed by atoms with Crippen molar-refractivity contribution in [1.29, 1.82) is 0 Å². The quantitative estimate of drug-likeness (QED) is 0.608. The first-order chi connectivity index (χ1) is 11.4. The molecule has 7 N–H and O–H groups in total. The lowest BCUT2D eigenvalue weighted by Crippen LogP contribution is -2.70. The van der Waals surface area contributed by atoms with Crippen molar-refractivity contribution in [1.82, 2.24) is 10.2 Å². The van der Waals surface area contributed by atoms with Crippen molar-refractivity contribution in [2.24, 2.45) is 11.7 Å². The number of carbonyl (C=O) groups excluding carboxylic acids is 2. The normalized spacial score (nSPS) is 20.6. The van der Waals surface area contributed by atoms with Gasteiger partial charge in [-0.05, 0) is 18.2 Å². The van der Waals surface area contributed by atoms with Gasteiger partial charge in [0, 0.05) is 31.7 Å². The lowest BCUT2D eigenvalue weighted by molar-refractivity contribution is -0.427. The van der Waals surface area contributed by atoms with Crippen LogP contribution in [0.1, 0.15) is 6.42 Å². The van der Waals surface area contributed by atoms with Crippen LogP contribution < -0.4 is 22.1 Å². The molecule has 0 spiro atoms. The van der Waals surface area contributed by atoms with Gasteiger partial charge in [-0.15, -0.1) is 0 Å². The maximum atomic E-state index is 13.5. The number of carbonyl (C=O) groups is 2. The van der Waals surface area contributed by atoms with E-state index in [1.54, 1.807) is 4.90 Å². The molecule has 0 saturated carbocycles. The number of urea groups is 1. The highest BCUT2D eigenvalue weighted by atomic mass is 35.5. The smallest absolute Gasteiger partial charge is 0.317 e. The molecule has 3 amide bonds. The number of hydrogen-bond acceptors (Lipinski definition) is 3. The zero-order chi connectivity index (χ0) is 17.7. The van der Waals surface area contributed by atoms with Gasteiger partial charge in [0.05, 0.1) is 17.5 Å². The minimum Gasteiger partial charge on any atom is -0.354 e. The Hall–Kier alpha value is -1.90. The molecular formula is C15H22ClFN5O2+. The molecule has 0 aromatic heterocycles. The average Bonchev–Trinajstić information content (AvgIpc) is 2.55. The van der Waals surface area contributed by atoms with Crippen molar-refractivity contribution in [2.45, 2.75) is 12.5 Å². The highest BCUT2D eigenvalue weighted by Gasteiger charge is 2.34. The number of nitrogens with zero attached hydrogens (tertiary/aromatic N) is 1. The predicted octanol–water partition coefficient (Wildman–Crippen LogP) is 0.0183. The summed E-state index contributed by atoms with van der Waals surface area (Å²) in [6.07, 6.45) is 0.558. The summed E-state index contributed by atoms with van der Waals surface area (Å²) in [6, 6.07) is 3.75. The topological polar surface area (TPSA) is 115 Å². The third-order valence-electron chi connectivity index (χ3n) is 3.80. The Labute approximate surface area is 144 Å². The van der Waals surface area contributed by atoms with Crippen LogP contribution in [0.25, 0.3) is 0 Å². The third kappa shape index (κ3) is 4.80. The van der Waals surface area contributed by atoms with Crippen LogP contribution in [0, 0.1) is 11.7 Å². The largest absolute Gasteiger partial charge is 0.354 e. The lowest BCUT2D eigenvalue weighted by atomic mass is 9.94. The highest BCUT2D eigenvalue weighted by Crippen LogP contribution is 2.21. The molecule has 1 aromatic carbocycles. The molecule has 2 rings (SSSR count). The first kappa shape index (κ1) is 18.4. The molecule has 132 valence electrons. The Morgan fingerprint density at radius 1 is 1.42 bits per heavy atom. The first-order valence-electron chi connectivity index (χ1n) is 7.72. The first-order valence-corrected chi connectivity index (χ1v) is 8.10. The van der Waals surface area contributed by atoms with E-state index in [4.69, 9.17) is 17.3 Å². The van der Waals surface area contributed by atoms with Crippen LogP contribution in [0.15, 0.2) is 18.2 Å². The lowest BCUT2D eigenvalue weighted by Gasteiger charge is -2.33. The molecule has 0 aliphatic carbocycles. The number of quaternary nitrogens is 1. The fraction of sp³-hybridized carbons (Fsp3) is 0.467. The minimum absolute atomic E-state index is 0.00811. The summed E-state index contributed by atoms with van der Waals surface area (Å²) in [6.45, 7) is 1.48. The summed E-state index contributed by atoms with van der Waals surface area (Å²) in [7, 11) is 0. The van der Waals surface area contributed by atoms with Crippen molar-refractivity contribution in [3.8, 4) is 0 Å². The van der Waals surface area contributed by atoms with Gasteiger partial charge in [-0.1, -0.05) is 11.6 Å². The van der Waals surface area contributed by atoms with Gasteiger partial charge in [0.25, 0.3) is 0 Å². The van der Waals surface area contributed by atoms with Crippen LogP contribution in [0.3, 0.4) is 0 Å². The molecule has 0 radical (unpaired) electrons. The molecule has 2 atom stereocenters. The van der Waals surface area contributed by atoms with Gasteiger partial charge < -0.3 is 27.0 Å². The monoisotopic (exact) mass is 358 g/mol. The van der Waals surface area contributed by atoms with Crippen LogP contribution in [0.5, 0.6) is 0 Å². The van der Waals surface area contributed by atoms with E-state index in [-0.39, 0.29) is 29.5 Å². The fourth-order valence-electron chi connectivity index (χ4n) is 2.67. The number of nitrogens with one attached hydrogen (secondary N) is 2. The number of likely N-dealkylation sites (tertiary alicyclic amines) is 1. The zero-order valence-corrected chi connectivity index (χ0v) is 14.0. The summed E-state index contributed by atoms with van der Waals surface area (Å²) in [5.41, 5.74) is 9.67. The molecule has 9 heteroatoms. The zero-order valence-electron chi connectivity index (χ0n) is 13.2. The summed E-state index contributed by atoms with van der Waals surface area (Å²) in [5, 5.41) is 5.33. The summed E-state index contributed by atoms with van der Waals surface area (Å²) >= 11 is 5.62. The number of amides is 3. The minimum atomic E-state index is -0.601. The van der Waals surface area contributed by atoms with Gasteiger partial charge in [0.15, 0.2) is 0 Å². The molecule has 1 heterocycles. The van der Waals surface area contributed by atoms with E-state index < -0.39 is 11.7 Å². The van der Waals surface area contributed by atoms with Gasteiger partial charge >= 0.3 is 6.03 Å². The van der Waals surface area contributed by atoms with E-state index in [0.717, 1.165) is 6.07 Å². The van der Waals surface area contributed by atoms with Crippen molar-refractivity contribution >= 4 is 29.2 Å². The van der Waals surface area contributed by atoms with E-state index in [1.807, 2.05) is 0 Å². The second-order valence-corrected chi connectivity index (χ2v) is 6.25. The van der Waals surface area contributed by atoms with Gasteiger partial charge in [-0.25, -0.2) is 9.18 Å². The van der Waals surface area contributed by atoms with Crippen molar-refractivity contribution < 1.29 is 19.7 Å². The number of nitrogens with two attached hydrogens (primary N) is 1. The Balaban J connectivity index is 1.99. The molecule has 1 saturated heterocycles. The van der Waals surface area contributed by atoms with E-state index in [2.05, 4.69) is 16.4 Å². The summed E-state index contributed by atoms with van der Waals surface area (Å²) < 4.78 is 13.5. The van der Waals surface area contributed by atoms with E-state index in [9.17, 15) is 14.0 Å². The maximum absolute atomic E-state index is 13.5. The Morgan fingerprint density at radius 3 is 2.83 bits per heavy atom. The second-order valence-electron chi connectivity index (χ2n) is 5.84. The van der Waals surface area contributed by atoms with Crippen LogP contribution in [-0.2, 0) is 4.79 Å². The second kappa shape index (κ2) is 8.27. The highest BCUT2D eigenvalue weighted by molar-refractivity contribution is 6.30. The standard InChI is InChI=1S/C15H21ClFN5O2/c16-12-2-1-11(6-13(12)17)21-14(23)9-5-10(19)8-22(7-9)15(24)20-4-3-18/h1-2,6,9-10H,3-5,7-8,18-19H2,(H,20,24)(H,21,23)/p+1/t9-,10+/m0/s1. The van der Waals surface area contributed by atoms with Gasteiger partial charge in [0.2, 0.25) is 5.91 Å². The van der Waals surface area contributed by atoms with Gasteiger partial charge in [-0.3, -0.25) is 4.79 Å². The fourth-order valence-corrected chi connectivity index (χ4v) is 2.79. The maximum Gasteiger partial charge on any atom is 0.317 e. The molecule has 0 bridgehead atoms. The van der Waals surface area contributed by atoms with E-state index >= 15 is 0 Å². The van der Waals surface area contributed by atoms with Gasteiger partial charge in [-0.2, -0.15) is 0 Å². The van der Waals surface area contributed by atoms with Gasteiger partial charge in [0.1, 0.15) is 11.9 Å². The third-order valence-corrected chi connectivity index (χ3v) is 4.11.